The van der Waals surface area contributed by atoms with Crippen molar-refractivity contribution in [2.45, 2.75) is 226 Å². The zero-order chi connectivity index (χ0) is 28.8. The maximum Gasteiger partial charge on any atom is 0.257 e. The molecule has 1 rings (SSSR count). The molecule has 0 aromatic carbocycles. The lowest BCUT2D eigenvalue weighted by Crippen LogP contribution is -2.36. The van der Waals surface area contributed by atoms with E-state index in [0.29, 0.717) is 0 Å². The molecule has 0 radical (unpaired) electrons. The van der Waals surface area contributed by atoms with Crippen molar-refractivity contribution in [3.05, 3.63) is 18.2 Å². The fourth-order valence-corrected chi connectivity index (χ4v) is 6.59. The third-order valence-electron chi connectivity index (χ3n) is 9.33. The summed E-state index contributed by atoms with van der Waals surface area (Å²) in [6, 6.07) is 0. The highest BCUT2D eigenvalue weighted by molar-refractivity contribution is 4.90. The Balaban J connectivity index is 2.05. The first-order chi connectivity index (χ1) is 19.8. The van der Waals surface area contributed by atoms with Gasteiger partial charge in [0.05, 0.1) is 12.5 Å². The van der Waals surface area contributed by atoms with E-state index in [0.717, 1.165) is 12.5 Å². The molecule has 2 heteroatoms. The van der Waals surface area contributed by atoms with Crippen LogP contribution in [0, 0.1) is 0 Å². The molecule has 2 nitrogen and oxygen atoms in total. The molecule has 236 valence electrons. The summed E-state index contributed by atoms with van der Waals surface area (Å²) in [4.78, 5) is 3.62. The summed E-state index contributed by atoms with van der Waals surface area (Å²) in [5.74, 6) is 2.22. The van der Waals surface area contributed by atoms with Crippen molar-refractivity contribution in [1.82, 2.24) is 4.98 Å². The number of H-pyrrole nitrogens is 1. The third kappa shape index (κ3) is 21.9. The first-order valence-electron chi connectivity index (χ1n) is 18.9. The van der Waals surface area contributed by atoms with Crippen LogP contribution in [0.3, 0.4) is 0 Å². The van der Waals surface area contributed by atoms with Crippen LogP contribution in [0.1, 0.15) is 225 Å². The molecule has 0 unspecified atom stereocenters. The highest BCUT2D eigenvalue weighted by Gasteiger charge is 2.21. The Bertz CT molecular complexity index is 606. The molecule has 0 aliphatic heterocycles. The van der Waals surface area contributed by atoms with Crippen molar-refractivity contribution in [1.29, 1.82) is 0 Å². The highest BCUT2D eigenvalue weighted by Crippen LogP contribution is 2.26. The summed E-state index contributed by atoms with van der Waals surface area (Å²) in [6.07, 6.45) is 47.7. The molecule has 0 bridgehead atoms. The van der Waals surface area contributed by atoms with Crippen molar-refractivity contribution in [3.8, 4) is 0 Å². The molecule has 1 heterocycles. The van der Waals surface area contributed by atoms with E-state index in [1.165, 1.54) is 198 Å². The van der Waals surface area contributed by atoms with E-state index < -0.39 is 0 Å². The van der Waals surface area contributed by atoms with Crippen molar-refractivity contribution in [3.63, 3.8) is 0 Å². The Hall–Kier alpha value is -0.790. The smallest absolute Gasteiger partial charge is 0.247 e. The van der Waals surface area contributed by atoms with Gasteiger partial charge in [0.2, 0.25) is 0 Å². The number of rotatable bonds is 32. The van der Waals surface area contributed by atoms with E-state index in [-0.39, 0.29) is 0 Å². The van der Waals surface area contributed by atoms with E-state index in [2.05, 4.69) is 42.7 Å². The predicted octanol–water partition coefficient (Wildman–Crippen LogP) is 13.1. The third-order valence-corrected chi connectivity index (χ3v) is 9.33. The summed E-state index contributed by atoms with van der Waals surface area (Å²) >= 11 is 0. The largest absolute Gasteiger partial charge is 0.257 e. The quantitative estimate of drug-likeness (QED) is 0.0669. The Morgan fingerprint density at radius 2 is 0.750 bits per heavy atom. The first-order valence-corrected chi connectivity index (χ1v) is 18.9. The van der Waals surface area contributed by atoms with Crippen LogP contribution in [0.15, 0.2) is 12.4 Å². The Morgan fingerprint density at radius 3 is 1.05 bits per heavy atom. The molecule has 1 N–H and O–H groups in total. The maximum absolute atomic E-state index is 3.62. The van der Waals surface area contributed by atoms with Crippen molar-refractivity contribution >= 4 is 0 Å². The molecule has 1 atom stereocenters. The van der Waals surface area contributed by atoms with E-state index in [4.69, 9.17) is 0 Å². The number of nitrogens with zero attached hydrogens (tertiary/aromatic N) is 1. The van der Waals surface area contributed by atoms with E-state index in [1.807, 2.05) is 0 Å². The lowest BCUT2D eigenvalue weighted by atomic mass is 9.93. The molecule has 1 aromatic rings. The summed E-state index contributed by atoms with van der Waals surface area (Å²) in [7, 11) is 0. The van der Waals surface area contributed by atoms with Gasteiger partial charge >= 0.3 is 0 Å². The van der Waals surface area contributed by atoms with Gasteiger partial charge in [-0.15, -0.1) is 0 Å². The van der Waals surface area contributed by atoms with E-state index in [9.17, 15) is 0 Å². The molecule has 0 aliphatic carbocycles. The fraction of sp³-hybridized carbons (Fsp3) is 0.921. The lowest BCUT2D eigenvalue weighted by Gasteiger charge is -2.14. The van der Waals surface area contributed by atoms with Gasteiger partial charge in [-0.1, -0.05) is 194 Å². The van der Waals surface area contributed by atoms with Gasteiger partial charge in [0.1, 0.15) is 12.4 Å². The number of aromatic nitrogens is 2. The summed E-state index contributed by atoms with van der Waals surface area (Å²) in [6.45, 7) is 7.99. The van der Waals surface area contributed by atoms with Crippen LogP contribution in [0.4, 0.5) is 0 Å². The number of aryl methyl sites for hydroxylation is 1. The Morgan fingerprint density at radius 1 is 0.450 bits per heavy atom. The van der Waals surface area contributed by atoms with Gasteiger partial charge in [0.25, 0.3) is 5.82 Å². The molecule has 0 fully saturated rings. The second-order valence-electron chi connectivity index (χ2n) is 13.1. The van der Waals surface area contributed by atoms with Crippen LogP contribution in [0.25, 0.3) is 0 Å². The van der Waals surface area contributed by atoms with Gasteiger partial charge in [-0.2, -0.15) is 0 Å². The van der Waals surface area contributed by atoms with Crippen molar-refractivity contribution in [2.24, 2.45) is 0 Å². The van der Waals surface area contributed by atoms with Gasteiger partial charge in [-0.05, 0) is 19.8 Å². The number of nitrogens with one attached hydrogen (secondary N) is 1. The van der Waals surface area contributed by atoms with E-state index in [1.54, 1.807) is 0 Å². The van der Waals surface area contributed by atoms with Gasteiger partial charge in [0, 0.05) is 0 Å². The van der Waals surface area contributed by atoms with Crippen molar-refractivity contribution < 1.29 is 4.57 Å². The number of aromatic amines is 1. The molecule has 0 spiro atoms. The molecule has 0 amide bonds. The van der Waals surface area contributed by atoms with Crippen LogP contribution < -0.4 is 4.57 Å². The SMILES string of the molecule is CCCCCCCCCCCCCCCCCC[C@H](CCCCCCCCCCCCCC)c1[nH]cc[n+]1CC. The second kappa shape index (κ2) is 29.7. The van der Waals surface area contributed by atoms with Crippen LogP contribution >= 0.6 is 0 Å². The predicted molar refractivity (Wildman–Crippen MR) is 179 cm³/mol. The number of imidazole rings is 1. The summed E-state index contributed by atoms with van der Waals surface area (Å²) in [5, 5.41) is 0. The van der Waals surface area contributed by atoms with E-state index >= 15 is 0 Å². The van der Waals surface area contributed by atoms with Crippen LogP contribution in [0.2, 0.25) is 0 Å². The standard InChI is InChI=1S/C38H74N2/c1-4-7-9-11-13-15-17-19-20-21-22-24-26-28-30-32-34-37(38-39-35-36-40(38)6-3)33-31-29-27-25-23-18-16-14-12-10-8-5-2/h35-37H,4-34H2,1-3H3/p+1/t37-/m0/s1. The van der Waals surface area contributed by atoms with Gasteiger partial charge < -0.3 is 0 Å². The van der Waals surface area contributed by atoms with Crippen molar-refractivity contribution in [2.75, 3.05) is 0 Å². The molecule has 40 heavy (non-hydrogen) atoms. The molecule has 0 saturated carbocycles. The van der Waals surface area contributed by atoms with Crippen LogP contribution in [0.5, 0.6) is 0 Å². The number of unbranched alkanes of at least 4 members (excludes halogenated alkanes) is 26. The maximum atomic E-state index is 3.62. The minimum absolute atomic E-state index is 0.727. The molecule has 1 aromatic heterocycles. The minimum Gasteiger partial charge on any atom is -0.247 e. The van der Waals surface area contributed by atoms with Gasteiger partial charge in [-0.25, -0.2) is 9.55 Å². The molecular weight excluding hydrogens is 484 g/mol. The fourth-order valence-electron chi connectivity index (χ4n) is 6.59. The zero-order valence-electron chi connectivity index (χ0n) is 28.1. The minimum atomic E-state index is 0.727. The Kier molecular flexibility index (Phi) is 27.6. The second-order valence-corrected chi connectivity index (χ2v) is 13.1. The summed E-state index contributed by atoms with van der Waals surface area (Å²) < 4.78 is 2.46. The number of hydrogen-bond donors (Lipinski definition) is 1. The molecule has 0 aliphatic rings. The highest BCUT2D eigenvalue weighted by atomic mass is 15.1. The lowest BCUT2D eigenvalue weighted by molar-refractivity contribution is -0.701. The van der Waals surface area contributed by atoms with Crippen LogP contribution in [-0.4, -0.2) is 4.98 Å². The molecule has 0 saturated heterocycles. The van der Waals surface area contributed by atoms with Gasteiger partial charge in [-0.3, -0.25) is 0 Å². The Labute approximate surface area is 253 Å². The molecular formula is C38H75N2+. The number of hydrogen-bond acceptors (Lipinski definition) is 0. The first kappa shape index (κ1) is 37.2. The average Bonchev–Trinajstić information content (AvgIpc) is 3.45. The average molecular weight is 560 g/mol. The zero-order valence-corrected chi connectivity index (χ0v) is 28.1. The van der Waals surface area contributed by atoms with Crippen LogP contribution in [-0.2, 0) is 6.54 Å². The monoisotopic (exact) mass is 560 g/mol. The normalized spacial score (nSPS) is 12.4. The summed E-state index contributed by atoms with van der Waals surface area (Å²) in [5.41, 5.74) is 0. The van der Waals surface area contributed by atoms with Gasteiger partial charge in [0.15, 0.2) is 0 Å². The topological polar surface area (TPSA) is 19.7 Å².